The number of carbonyl (C=O) groups excluding carboxylic acids is 1. The van der Waals surface area contributed by atoms with Crippen LogP contribution < -0.4 is 0 Å². The molecule has 1 heterocycles. The molecule has 0 spiro atoms. The molecule has 1 aromatic rings. The Bertz CT molecular complexity index is 501. The van der Waals surface area contributed by atoms with E-state index in [4.69, 9.17) is 0 Å². The average molecular weight is 248 g/mol. The Kier molecular flexibility index (Phi) is 2.76. The third-order valence-corrected chi connectivity index (χ3v) is 2.70. The Morgan fingerprint density at radius 3 is 2.17 bits per heavy atom. The summed E-state index contributed by atoms with van der Waals surface area (Å²) in [7, 11) is 0. The molecule has 0 aliphatic carbocycles. The van der Waals surface area contributed by atoms with Crippen LogP contribution in [0.1, 0.15) is 26.3 Å². The Morgan fingerprint density at radius 1 is 1.17 bits per heavy atom. The fourth-order valence-electron chi connectivity index (χ4n) is 1.77. The lowest BCUT2D eigenvalue weighted by atomic mass is 10.0. The maximum Gasteiger partial charge on any atom is 0.309 e. The van der Waals surface area contributed by atoms with E-state index >= 15 is 0 Å². The molecule has 1 aromatic carbocycles. The molecule has 0 unspecified atom stereocenters. The van der Waals surface area contributed by atoms with Crippen LogP contribution in [-0.2, 0) is 4.79 Å². The second-order valence-corrected chi connectivity index (χ2v) is 5.27. The van der Waals surface area contributed by atoms with Gasteiger partial charge in [-0.1, -0.05) is 30.3 Å². The molecule has 5 nitrogen and oxygen atoms in total. The molecular formula is C13H16N2O3. The van der Waals surface area contributed by atoms with Gasteiger partial charge < -0.3 is 10.2 Å². The summed E-state index contributed by atoms with van der Waals surface area (Å²) in [6.45, 7) is 5.33. The van der Waals surface area contributed by atoms with Gasteiger partial charge >= 0.3 is 5.91 Å². The van der Waals surface area contributed by atoms with E-state index in [1.165, 1.54) is 0 Å². The van der Waals surface area contributed by atoms with Crippen LogP contribution in [0.15, 0.2) is 35.4 Å². The summed E-state index contributed by atoms with van der Waals surface area (Å²) >= 11 is 0. The first kappa shape index (κ1) is 12.7. The summed E-state index contributed by atoms with van der Waals surface area (Å²) in [6, 6.07) is 8.66. The highest BCUT2D eigenvalue weighted by atomic mass is 16.5. The van der Waals surface area contributed by atoms with Gasteiger partial charge in [0.15, 0.2) is 0 Å². The third-order valence-electron chi connectivity index (χ3n) is 2.70. The van der Waals surface area contributed by atoms with Gasteiger partial charge in [0.25, 0.3) is 5.79 Å². The summed E-state index contributed by atoms with van der Waals surface area (Å²) in [6.07, 6.45) is 0. The van der Waals surface area contributed by atoms with Crippen LogP contribution in [0.2, 0.25) is 0 Å². The van der Waals surface area contributed by atoms with Crippen LogP contribution in [0, 0.1) is 0 Å². The fourth-order valence-corrected chi connectivity index (χ4v) is 1.77. The van der Waals surface area contributed by atoms with Crippen molar-refractivity contribution >= 4 is 11.6 Å². The van der Waals surface area contributed by atoms with E-state index in [2.05, 4.69) is 5.10 Å². The molecule has 0 atom stereocenters. The zero-order valence-electron chi connectivity index (χ0n) is 10.6. The minimum absolute atomic E-state index is 0.0389. The molecule has 18 heavy (non-hydrogen) atoms. The maximum atomic E-state index is 12.0. The van der Waals surface area contributed by atoms with Crippen LogP contribution in [-0.4, -0.2) is 38.2 Å². The molecule has 1 aliphatic heterocycles. The summed E-state index contributed by atoms with van der Waals surface area (Å²) in [5, 5.41) is 25.1. The second-order valence-electron chi connectivity index (χ2n) is 5.27. The Balaban J connectivity index is 2.50. The van der Waals surface area contributed by atoms with E-state index in [1.54, 1.807) is 51.1 Å². The Hall–Kier alpha value is -1.72. The van der Waals surface area contributed by atoms with Gasteiger partial charge in [-0.15, -0.1) is 0 Å². The van der Waals surface area contributed by atoms with Gasteiger partial charge in [-0.05, 0) is 20.8 Å². The first-order chi connectivity index (χ1) is 8.24. The van der Waals surface area contributed by atoms with Crippen molar-refractivity contribution in [2.45, 2.75) is 32.1 Å². The molecule has 0 bridgehead atoms. The topological polar surface area (TPSA) is 73.1 Å². The molecule has 0 aromatic heterocycles. The lowest BCUT2D eigenvalue weighted by Crippen LogP contribution is -2.50. The van der Waals surface area contributed by atoms with Crippen molar-refractivity contribution in [2.24, 2.45) is 5.10 Å². The van der Waals surface area contributed by atoms with E-state index < -0.39 is 17.2 Å². The number of amides is 1. The first-order valence-corrected chi connectivity index (χ1v) is 5.68. The van der Waals surface area contributed by atoms with Crippen molar-refractivity contribution in [1.82, 2.24) is 5.01 Å². The average Bonchev–Trinajstić information content (AvgIpc) is 2.51. The predicted octanol–water partition coefficient (Wildman–Crippen LogP) is 0.712. The SMILES string of the molecule is CC(C)(C)N1N=C(c2ccccc2)C(O)(O)C1=O. The zero-order valence-corrected chi connectivity index (χ0v) is 10.6. The number of hydrogen-bond donors (Lipinski definition) is 2. The van der Waals surface area contributed by atoms with Crippen LogP contribution >= 0.6 is 0 Å². The molecule has 5 heteroatoms. The van der Waals surface area contributed by atoms with Crippen LogP contribution in [0.4, 0.5) is 0 Å². The molecule has 0 fully saturated rings. The fraction of sp³-hybridized carbons (Fsp3) is 0.385. The van der Waals surface area contributed by atoms with Gasteiger partial charge in [-0.2, -0.15) is 5.10 Å². The normalized spacial score (nSPS) is 19.1. The molecule has 2 rings (SSSR count). The monoisotopic (exact) mass is 248 g/mol. The van der Waals surface area contributed by atoms with Gasteiger partial charge in [-0.25, -0.2) is 5.01 Å². The van der Waals surface area contributed by atoms with Gasteiger partial charge in [0.2, 0.25) is 0 Å². The van der Waals surface area contributed by atoms with Gasteiger partial charge in [0, 0.05) is 5.56 Å². The van der Waals surface area contributed by atoms with E-state index in [0.29, 0.717) is 5.56 Å². The number of rotatable bonds is 1. The van der Waals surface area contributed by atoms with Gasteiger partial charge in [0.05, 0.1) is 5.54 Å². The molecular weight excluding hydrogens is 232 g/mol. The second kappa shape index (κ2) is 3.90. The molecule has 2 N–H and O–H groups in total. The summed E-state index contributed by atoms with van der Waals surface area (Å²) in [5.74, 6) is -3.39. The number of benzene rings is 1. The van der Waals surface area contributed by atoms with Crippen molar-refractivity contribution in [3.8, 4) is 0 Å². The largest absolute Gasteiger partial charge is 0.353 e. The smallest absolute Gasteiger partial charge is 0.309 e. The van der Waals surface area contributed by atoms with Gasteiger partial charge in [0.1, 0.15) is 5.71 Å². The maximum absolute atomic E-state index is 12.0. The summed E-state index contributed by atoms with van der Waals surface area (Å²) < 4.78 is 0. The van der Waals surface area contributed by atoms with Crippen LogP contribution in [0.5, 0.6) is 0 Å². The first-order valence-electron chi connectivity index (χ1n) is 5.68. The van der Waals surface area contributed by atoms with Gasteiger partial charge in [-0.3, -0.25) is 4.79 Å². The van der Waals surface area contributed by atoms with Crippen molar-refractivity contribution in [2.75, 3.05) is 0 Å². The standard InChI is InChI=1S/C13H16N2O3/c1-12(2,3)15-11(16)13(17,18)10(14-15)9-7-5-4-6-8-9/h4-8,17-18H,1-3H3. The van der Waals surface area contributed by atoms with Crippen molar-refractivity contribution in [1.29, 1.82) is 0 Å². The molecule has 0 radical (unpaired) electrons. The van der Waals surface area contributed by atoms with Crippen molar-refractivity contribution in [3.63, 3.8) is 0 Å². The van der Waals surface area contributed by atoms with Crippen LogP contribution in [0.25, 0.3) is 0 Å². The van der Waals surface area contributed by atoms with Crippen LogP contribution in [0.3, 0.4) is 0 Å². The zero-order chi connectivity index (χ0) is 13.6. The van der Waals surface area contributed by atoms with E-state index in [0.717, 1.165) is 5.01 Å². The highest BCUT2D eigenvalue weighted by molar-refractivity contribution is 6.20. The molecule has 1 aliphatic rings. The highest BCUT2D eigenvalue weighted by Gasteiger charge is 2.52. The minimum atomic E-state index is -2.56. The molecule has 96 valence electrons. The van der Waals surface area contributed by atoms with E-state index in [-0.39, 0.29) is 5.71 Å². The predicted molar refractivity (Wildman–Crippen MR) is 66.7 cm³/mol. The van der Waals surface area contributed by atoms with Crippen molar-refractivity contribution < 1.29 is 15.0 Å². The number of aliphatic hydroxyl groups is 2. The number of hydrogen-bond acceptors (Lipinski definition) is 4. The third kappa shape index (κ3) is 1.91. The lowest BCUT2D eigenvalue weighted by Gasteiger charge is -2.28. The summed E-state index contributed by atoms with van der Waals surface area (Å²) in [4.78, 5) is 12.0. The highest BCUT2D eigenvalue weighted by Crippen LogP contribution is 2.28. The minimum Gasteiger partial charge on any atom is -0.353 e. The molecule has 1 amide bonds. The Labute approximate surface area is 105 Å². The van der Waals surface area contributed by atoms with E-state index in [1.807, 2.05) is 0 Å². The molecule has 0 saturated heterocycles. The molecule has 0 saturated carbocycles. The number of nitrogens with zero attached hydrogens (tertiary/aromatic N) is 2. The summed E-state index contributed by atoms with van der Waals surface area (Å²) in [5.41, 5.74) is -0.129. The number of carbonyl (C=O) groups is 1. The lowest BCUT2D eigenvalue weighted by molar-refractivity contribution is -0.172. The van der Waals surface area contributed by atoms with Crippen molar-refractivity contribution in [3.05, 3.63) is 35.9 Å². The Morgan fingerprint density at radius 2 is 1.72 bits per heavy atom. The number of hydrazone groups is 1. The quantitative estimate of drug-likeness (QED) is 0.719. The van der Waals surface area contributed by atoms with E-state index in [9.17, 15) is 15.0 Å².